The van der Waals surface area contributed by atoms with Crippen LogP contribution in [0.1, 0.15) is 22.4 Å². The molecule has 1 aliphatic carbocycles. The Balaban J connectivity index is 1.71. The fraction of sp³-hybridized carbons (Fsp3) is 0.143. The van der Waals surface area contributed by atoms with Gasteiger partial charge in [0.05, 0.1) is 11.9 Å². The average molecular weight is 359 g/mol. The van der Waals surface area contributed by atoms with Crippen LogP contribution >= 0.6 is 0 Å². The second-order valence-corrected chi connectivity index (χ2v) is 6.71. The summed E-state index contributed by atoms with van der Waals surface area (Å²) in [7, 11) is 0. The molecule has 3 aromatic rings. The summed E-state index contributed by atoms with van der Waals surface area (Å²) in [6.45, 7) is 0.228. The van der Waals surface area contributed by atoms with Crippen molar-refractivity contribution in [3.05, 3.63) is 83.2 Å². The molecule has 0 spiro atoms. The normalized spacial score (nSPS) is 19.7. The predicted octanol–water partition coefficient (Wildman–Crippen LogP) is 3.09. The maximum atomic E-state index is 11.8. The van der Waals surface area contributed by atoms with Gasteiger partial charge in [-0.3, -0.25) is 0 Å². The van der Waals surface area contributed by atoms with Crippen LogP contribution in [0.3, 0.4) is 0 Å². The van der Waals surface area contributed by atoms with E-state index in [0.717, 1.165) is 33.9 Å². The number of benzene rings is 2. The topological polar surface area (TPSA) is 79.4 Å². The van der Waals surface area contributed by atoms with Gasteiger partial charge in [-0.25, -0.2) is 4.79 Å². The summed E-state index contributed by atoms with van der Waals surface area (Å²) in [5.74, 6) is 1.47. The fourth-order valence-corrected chi connectivity index (χ4v) is 3.92. The minimum absolute atomic E-state index is 0.228. The second-order valence-electron chi connectivity index (χ2n) is 6.71. The number of carbonyl (C=O) groups is 1. The molecule has 134 valence electrons. The first-order valence-corrected chi connectivity index (χ1v) is 8.69. The summed E-state index contributed by atoms with van der Waals surface area (Å²) in [6.07, 6.45) is 6.40. The van der Waals surface area contributed by atoms with Crippen LogP contribution in [0.25, 0.3) is 6.08 Å². The molecular formula is C21H17N3O3. The van der Waals surface area contributed by atoms with Gasteiger partial charge in [0, 0.05) is 17.4 Å². The Hall–Kier alpha value is -3.54. The molecule has 2 heterocycles. The van der Waals surface area contributed by atoms with Crippen LogP contribution in [0.4, 0.5) is 4.79 Å². The summed E-state index contributed by atoms with van der Waals surface area (Å²) in [4.78, 5) is 11.8. The molecule has 5 rings (SSSR count). The molecule has 2 N–H and O–H groups in total. The lowest BCUT2D eigenvalue weighted by molar-refractivity contribution is 0.174. The number of hydrogen-bond donors (Lipinski definition) is 1. The van der Waals surface area contributed by atoms with Crippen LogP contribution in [0, 0.1) is 0 Å². The molecule has 27 heavy (non-hydrogen) atoms. The first-order valence-electron chi connectivity index (χ1n) is 8.69. The molecule has 2 aromatic carbocycles. The zero-order chi connectivity index (χ0) is 18.4. The van der Waals surface area contributed by atoms with Gasteiger partial charge in [0.2, 0.25) is 6.79 Å². The molecule has 0 bridgehead atoms. The lowest BCUT2D eigenvalue weighted by Crippen LogP contribution is -2.33. The molecule has 6 nitrogen and oxygen atoms in total. The first kappa shape index (κ1) is 15.7. The standard InChI is InChI=1S/C21H17N3O3/c22-20(25)24-17-11-21(9-8-14(17)12-23-24,15-4-2-1-3-5-15)16-6-7-18-19(10-16)27-13-26-18/h1-10,12H,11,13H2,(H2,22,25). The van der Waals surface area contributed by atoms with Crippen LogP contribution in [0.5, 0.6) is 11.5 Å². The van der Waals surface area contributed by atoms with Crippen molar-refractivity contribution >= 4 is 12.1 Å². The van der Waals surface area contributed by atoms with Gasteiger partial charge in [-0.2, -0.15) is 9.78 Å². The smallest absolute Gasteiger partial charge is 0.339 e. The number of primary amides is 1. The van der Waals surface area contributed by atoms with Gasteiger partial charge >= 0.3 is 6.03 Å². The third-order valence-corrected chi connectivity index (χ3v) is 5.28. The number of nitrogens with zero attached hydrogens (tertiary/aromatic N) is 2. The van der Waals surface area contributed by atoms with Gasteiger partial charge in [-0.05, 0) is 23.3 Å². The second kappa shape index (κ2) is 5.74. The van der Waals surface area contributed by atoms with E-state index >= 15 is 0 Å². The molecule has 1 unspecified atom stereocenters. The van der Waals surface area contributed by atoms with E-state index in [1.165, 1.54) is 4.68 Å². The minimum Gasteiger partial charge on any atom is -0.454 e. The monoisotopic (exact) mass is 359 g/mol. The number of carbonyl (C=O) groups excluding carboxylic acids is 1. The Morgan fingerprint density at radius 3 is 2.70 bits per heavy atom. The Morgan fingerprint density at radius 1 is 1.07 bits per heavy atom. The number of rotatable bonds is 2. The first-order chi connectivity index (χ1) is 13.2. The van der Waals surface area contributed by atoms with Crippen LogP contribution in [0.2, 0.25) is 0 Å². The van der Waals surface area contributed by atoms with Crippen molar-refractivity contribution in [2.75, 3.05) is 6.79 Å². The Bertz CT molecular complexity index is 1070. The van der Waals surface area contributed by atoms with Crippen molar-refractivity contribution in [1.29, 1.82) is 0 Å². The van der Waals surface area contributed by atoms with Gasteiger partial charge in [-0.1, -0.05) is 48.6 Å². The molecule has 1 atom stereocenters. The van der Waals surface area contributed by atoms with Crippen LogP contribution in [-0.4, -0.2) is 22.6 Å². The number of fused-ring (bicyclic) bond motifs is 2. The van der Waals surface area contributed by atoms with Gasteiger partial charge in [0.1, 0.15) is 0 Å². The molecular weight excluding hydrogens is 342 g/mol. The Kier molecular flexibility index (Phi) is 3.33. The Morgan fingerprint density at radius 2 is 1.89 bits per heavy atom. The zero-order valence-electron chi connectivity index (χ0n) is 14.5. The van der Waals surface area contributed by atoms with E-state index in [9.17, 15) is 4.79 Å². The number of ether oxygens (including phenoxy) is 2. The molecule has 1 aromatic heterocycles. The molecule has 0 radical (unpaired) electrons. The lowest BCUT2D eigenvalue weighted by atomic mass is 9.68. The van der Waals surface area contributed by atoms with Gasteiger partial charge in [-0.15, -0.1) is 0 Å². The summed E-state index contributed by atoms with van der Waals surface area (Å²) in [5.41, 5.74) is 8.92. The maximum absolute atomic E-state index is 11.8. The van der Waals surface area contributed by atoms with E-state index < -0.39 is 11.4 Å². The molecule has 0 saturated heterocycles. The van der Waals surface area contributed by atoms with Gasteiger partial charge < -0.3 is 15.2 Å². The molecule has 1 amide bonds. The SMILES string of the molecule is NC(=O)n1ncc2c1CC(c1ccccc1)(c1ccc3c(c1)OCO3)C=C2. The summed E-state index contributed by atoms with van der Waals surface area (Å²) >= 11 is 0. The Labute approximate surface area is 155 Å². The van der Waals surface area contributed by atoms with Crippen molar-refractivity contribution in [3.63, 3.8) is 0 Å². The van der Waals surface area contributed by atoms with Crippen LogP contribution in [0.15, 0.2) is 60.8 Å². The molecule has 2 aliphatic rings. The average Bonchev–Trinajstić information content (AvgIpc) is 3.34. The van der Waals surface area contributed by atoms with E-state index in [0.29, 0.717) is 6.42 Å². The fourth-order valence-electron chi connectivity index (χ4n) is 3.92. The van der Waals surface area contributed by atoms with E-state index in [4.69, 9.17) is 15.2 Å². The lowest BCUT2D eigenvalue weighted by Gasteiger charge is -2.35. The highest BCUT2D eigenvalue weighted by atomic mass is 16.7. The van der Waals surface area contributed by atoms with Crippen LogP contribution in [-0.2, 0) is 11.8 Å². The maximum Gasteiger partial charge on any atom is 0.339 e. The summed E-state index contributed by atoms with van der Waals surface area (Å²) < 4.78 is 12.3. The molecule has 0 saturated carbocycles. The molecule has 6 heteroatoms. The third kappa shape index (κ3) is 2.33. The van der Waals surface area contributed by atoms with Gasteiger partial charge in [0.25, 0.3) is 0 Å². The van der Waals surface area contributed by atoms with Crippen LogP contribution < -0.4 is 15.2 Å². The highest BCUT2D eigenvalue weighted by Gasteiger charge is 2.38. The highest BCUT2D eigenvalue weighted by Crippen LogP contribution is 2.44. The number of amides is 1. The van der Waals surface area contributed by atoms with Crippen molar-refractivity contribution in [2.24, 2.45) is 5.73 Å². The van der Waals surface area contributed by atoms with Crippen molar-refractivity contribution < 1.29 is 14.3 Å². The highest BCUT2D eigenvalue weighted by molar-refractivity contribution is 5.77. The number of allylic oxidation sites excluding steroid dienone is 1. The van der Waals surface area contributed by atoms with E-state index in [1.807, 2.05) is 42.5 Å². The van der Waals surface area contributed by atoms with E-state index in [2.05, 4.69) is 23.3 Å². The quantitative estimate of drug-likeness (QED) is 0.762. The largest absolute Gasteiger partial charge is 0.454 e. The van der Waals surface area contributed by atoms with Gasteiger partial charge in [0.15, 0.2) is 11.5 Å². The zero-order valence-corrected chi connectivity index (χ0v) is 14.5. The third-order valence-electron chi connectivity index (χ3n) is 5.28. The number of aromatic nitrogens is 2. The van der Waals surface area contributed by atoms with E-state index in [-0.39, 0.29) is 6.79 Å². The summed E-state index contributed by atoms with van der Waals surface area (Å²) in [6, 6.07) is 15.6. The van der Waals surface area contributed by atoms with Crippen molar-refractivity contribution in [3.8, 4) is 11.5 Å². The summed E-state index contributed by atoms with van der Waals surface area (Å²) in [5, 5.41) is 4.15. The number of hydrogen-bond acceptors (Lipinski definition) is 4. The number of nitrogens with two attached hydrogens (primary N) is 1. The molecule has 1 aliphatic heterocycles. The van der Waals surface area contributed by atoms with E-state index in [1.54, 1.807) is 6.20 Å². The van der Waals surface area contributed by atoms with Crippen molar-refractivity contribution in [2.45, 2.75) is 11.8 Å². The van der Waals surface area contributed by atoms with Crippen molar-refractivity contribution in [1.82, 2.24) is 9.78 Å². The predicted molar refractivity (Wildman–Crippen MR) is 99.7 cm³/mol. The minimum atomic E-state index is -0.584. The molecule has 0 fully saturated rings.